The summed E-state index contributed by atoms with van der Waals surface area (Å²) in [6, 6.07) is 70.9. The standard InChI is InChI=1S/C57H42N2/c1-57(2)52-32-28-40-19-9-10-24-47(40)56(52)51-29-27-43(35-53(51)57)42-21-13-22-44(33-42)46-30-31-50(49-26-12-11-25-48(46)49)55(59-37-38-15-5-3-6-16-38)36-54(58)45-23-14-20-41(34-45)39-17-7-4-8-18-39/h3-37,58H,1-2H3/b55-36-,58-54?,59-37?. The van der Waals surface area contributed by atoms with Crippen LogP contribution in [0.4, 0.5) is 0 Å². The molecule has 0 radical (unpaired) electrons. The van der Waals surface area contributed by atoms with Crippen molar-refractivity contribution in [2.24, 2.45) is 4.99 Å². The zero-order valence-electron chi connectivity index (χ0n) is 33.2. The fourth-order valence-electron chi connectivity index (χ4n) is 8.91. The van der Waals surface area contributed by atoms with Gasteiger partial charge in [0.15, 0.2) is 0 Å². The second-order valence-corrected chi connectivity index (χ2v) is 15.9. The molecule has 9 aromatic carbocycles. The summed E-state index contributed by atoms with van der Waals surface area (Å²) in [6.45, 7) is 4.71. The first-order chi connectivity index (χ1) is 28.9. The predicted octanol–water partition coefficient (Wildman–Crippen LogP) is 14.8. The average molecular weight is 755 g/mol. The van der Waals surface area contributed by atoms with Crippen LogP contribution in [0, 0.1) is 5.41 Å². The van der Waals surface area contributed by atoms with Crippen molar-refractivity contribution in [2.45, 2.75) is 19.3 Å². The number of allylic oxidation sites excluding steroid dienone is 1. The Hall–Kier alpha value is -7.42. The SMILES string of the molecule is CC1(C)c2cc(-c3cccc(-c4ccc(/C(=C/C(=N)c5cccc(-c6ccccc6)c5)N=Cc5ccccc5)c5ccccc45)c3)ccc2-c2c1ccc1ccccc21. The molecule has 0 saturated heterocycles. The van der Waals surface area contributed by atoms with Gasteiger partial charge in [0.1, 0.15) is 0 Å². The second kappa shape index (κ2) is 14.8. The first-order valence-electron chi connectivity index (χ1n) is 20.3. The molecule has 1 N–H and O–H groups in total. The van der Waals surface area contributed by atoms with Crippen molar-refractivity contribution in [3.63, 3.8) is 0 Å². The highest BCUT2D eigenvalue weighted by atomic mass is 14.7. The van der Waals surface area contributed by atoms with Crippen molar-refractivity contribution in [1.82, 2.24) is 0 Å². The number of rotatable bonds is 8. The van der Waals surface area contributed by atoms with E-state index in [2.05, 4.69) is 153 Å². The lowest BCUT2D eigenvalue weighted by Crippen LogP contribution is -2.15. The molecule has 0 aliphatic heterocycles. The van der Waals surface area contributed by atoms with E-state index >= 15 is 0 Å². The summed E-state index contributed by atoms with van der Waals surface area (Å²) >= 11 is 0. The molecule has 0 amide bonds. The van der Waals surface area contributed by atoms with Gasteiger partial charge < -0.3 is 5.41 Å². The minimum absolute atomic E-state index is 0.108. The van der Waals surface area contributed by atoms with Crippen LogP contribution < -0.4 is 0 Å². The van der Waals surface area contributed by atoms with Gasteiger partial charge >= 0.3 is 0 Å². The molecule has 0 unspecified atom stereocenters. The third kappa shape index (κ3) is 6.59. The molecule has 2 heteroatoms. The van der Waals surface area contributed by atoms with Gasteiger partial charge in [-0.25, -0.2) is 0 Å². The second-order valence-electron chi connectivity index (χ2n) is 15.9. The lowest BCUT2D eigenvalue weighted by Gasteiger charge is -2.22. The van der Waals surface area contributed by atoms with Gasteiger partial charge in [0.05, 0.1) is 11.4 Å². The van der Waals surface area contributed by atoms with E-state index in [1.807, 2.05) is 73.0 Å². The highest BCUT2D eigenvalue weighted by Gasteiger charge is 2.36. The Morgan fingerprint density at radius 2 is 1.10 bits per heavy atom. The molecular weight excluding hydrogens is 713 g/mol. The summed E-state index contributed by atoms with van der Waals surface area (Å²) in [4.78, 5) is 5.08. The van der Waals surface area contributed by atoms with Crippen LogP contribution in [0.2, 0.25) is 0 Å². The summed E-state index contributed by atoms with van der Waals surface area (Å²) in [5.41, 5.74) is 16.2. The van der Waals surface area contributed by atoms with Crippen LogP contribution >= 0.6 is 0 Å². The Morgan fingerprint density at radius 3 is 1.92 bits per heavy atom. The fourth-order valence-corrected chi connectivity index (χ4v) is 8.91. The molecule has 59 heavy (non-hydrogen) atoms. The number of benzene rings is 9. The van der Waals surface area contributed by atoms with Crippen molar-refractivity contribution < 1.29 is 0 Å². The van der Waals surface area contributed by atoms with E-state index in [0.29, 0.717) is 5.71 Å². The predicted molar refractivity (Wildman–Crippen MR) is 251 cm³/mol. The van der Waals surface area contributed by atoms with E-state index < -0.39 is 0 Å². The Balaban J connectivity index is 1.04. The van der Waals surface area contributed by atoms with Gasteiger partial charge in [-0.2, -0.15) is 0 Å². The highest BCUT2D eigenvalue weighted by molar-refractivity contribution is 6.13. The first-order valence-corrected chi connectivity index (χ1v) is 20.3. The smallest absolute Gasteiger partial charge is 0.0729 e. The topological polar surface area (TPSA) is 36.2 Å². The monoisotopic (exact) mass is 754 g/mol. The normalized spacial score (nSPS) is 13.2. The number of fused-ring (bicyclic) bond motifs is 6. The minimum Gasteiger partial charge on any atom is -0.300 e. The summed E-state index contributed by atoms with van der Waals surface area (Å²) in [5, 5.41) is 14.2. The molecule has 1 aliphatic carbocycles. The fraction of sp³-hybridized carbons (Fsp3) is 0.0526. The zero-order valence-corrected chi connectivity index (χ0v) is 33.2. The number of hydrogen-bond donors (Lipinski definition) is 1. The van der Waals surface area contributed by atoms with Gasteiger partial charge in [0.25, 0.3) is 0 Å². The molecule has 10 rings (SSSR count). The molecule has 0 saturated carbocycles. The van der Waals surface area contributed by atoms with E-state index in [9.17, 15) is 5.41 Å². The quantitative estimate of drug-likeness (QED) is 0.150. The summed E-state index contributed by atoms with van der Waals surface area (Å²) < 4.78 is 0. The lowest BCUT2D eigenvalue weighted by molar-refractivity contribution is 0.661. The Bertz CT molecular complexity index is 3130. The zero-order chi connectivity index (χ0) is 39.9. The number of nitrogens with zero attached hydrogens (tertiary/aromatic N) is 1. The molecule has 0 fully saturated rings. The van der Waals surface area contributed by atoms with Crippen molar-refractivity contribution in [2.75, 3.05) is 0 Å². The molecule has 0 bridgehead atoms. The van der Waals surface area contributed by atoms with E-state index in [0.717, 1.165) is 55.4 Å². The van der Waals surface area contributed by atoms with Crippen molar-refractivity contribution in [3.05, 3.63) is 234 Å². The van der Waals surface area contributed by atoms with Crippen LogP contribution in [-0.2, 0) is 5.41 Å². The molecule has 1 aliphatic rings. The number of aliphatic imine (C=N–C) groups is 1. The Kier molecular flexibility index (Phi) is 9.03. The molecule has 0 spiro atoms. The third-order valence-electron chi connectivity index (χ3n) is 12.0. The van der Waals surface area contributed by atoms with Gasteiger partial charge in [0.2, 0.25) is 0 Å². The molecule has 0 atom stereocenters. The first kappa shape index (κ1) is 36.0. The van der Waals surface area contributed by atoms with E-state index in [1.54, 1.807) is 0 Å². The molecule has 2 nitrogen and oxygen atoms in total. The van der Waals surface area contributed by atoms with E-state index in [-0.39, 0.29) is 5.41 Å². The minimum atomic E-state index is -0.108. The largest absolute Gasteiger partial charge is 0.300 e. The van der Waals surface area contributed by atoms with Gasteiger partial charge in [-0.1, -0.05) is 196 Å². The average Bonchev–Trinajstić information content (AvgIpc) is 3.53. The lowest BCUT2D eigenvalue weighted by atomic mass is 9.81. The third-order valence-corrected chi connectivity index (χ3v) is 12.0. The highest BCUT2D eigenvalue weighted by Crippen LogP contribution is 2.52. The van der Waals surface area contributed by atoms with Crippen molar-refractivity contribution >= 4 is 39.2 Å². The molecule has 280 valence electrons. The van der Waals surface area contributed by atoms with Crippen LogP contribution in [0.15, 0.2) is 211 Å². The maximum atomic E-state index is 9.34. The Labute approximate surface area is 346 Å². The molecule has 0 heterocycles. The molecular formula is C57H42N2. The number of hydrogen-bond acceptors (Lipinski definition) is 2. The van der Waals surface area contributed by atoms with Crippen LogP contribution in [-0.4, -0.2) is 11.9 Å². The van der Waals surface area contributed by atoms with Crippen LogP contribution in [0.25, 0.3) is 71.7 Å². The van der Waals surface area contributed by atoms with Gasteiger partial charge in [-0.3, -0.25) is 4.99 Å². The summed E-state index contributed by atoms with van der Waals surface area (Å²) in [7, 11) is 0. The van der Waals surface area contributed by atoms with E-state index in [4.69, 9.17) is 4.99 Å². The van der Waals surface area contributed by atoms with Gasteiger partial charge in [-0.05, 0) is 107 Å². The van der Waals surface area contributed by atoms with Gasteiger partial charge in [0, 0.05) is 22.8 Å². The summed E-state index contributed by atoms with van der Waals surface area (Å²) in [5.74, 6) is 0. The van der Waals surface area contributed by atoms with E-state index in [1.165, 1.54) is 44.2 Å². The van der Waals surface area contributed by atoms with Gasteiger partial charge in [-0.15, -0.1) is 0 Å². The van der Waals surface area contributed by atoms with Crippen molar-refractivity contribution in [3.8, 4) is 44.5 Å². The van der Waals surface area contributed by atoms with Crippen LogP contribution in [0.1, 0.15) is 41.7 Å². The Morgan fingerprint density at radius 1 is 0.475 bits per heavy atom. The van der Waals surface area contributed by atoms with Crippen LogP contribution in [0.3, 0.4) is 0 Å². The molecule has 0 aromatic heterocycles. The maximum absolute atomic E-state index is 9.34. The molecule has 9 aromatic rings. The van der Waals surface area contributed by atoms with Crippen molar-refractivity contribution in [1.29, 1.82) is 5.41 Å². The maximum Gasteiger partial charge on any atom is 0.0729 e. The van der Waals surface area contributed by atoms with Crippen LogP contribution in [0.5, 0.6) is 0 Å². The summed E-state index contributed by atoms with van der Waals surface area (Å²) in [6.07, 6.45) is 3.80. The number of nitrogens with one attached hydrogen (secondary N) is 1.